The van der Waals surface area contributed by atoms with E-state index in [1.807, 2.05) is 24.5 Å². The van der Waals surface area contributed by atoms with Crippen molar-refractivity contribution in [3.63, 3.8) is 0 Å². The number of hydrogen-bond acceptors (Lipinski definition) is 0. The summed E-state index contributed by atoms with van der Waals surface area (Å²) < 4.78 is 0. The molecule has 2 heteroatoms. The Hall–Kier alpha value is -0.214. The molecule has 0 aliphatic heterocycles. The molecule has 1 N–H and O–H groups in total. The Morgan fingerprint density at radius 1 is 0.778 bits per heavy atom. The molecule has 0 radical (unpaired) electrons. The van der Waals surface area contributed by atoms with Crippen LogP contribution >= 0.6 is 0 Å². The number of nitrogens with one attached hydrogen (secondary N) is 1. The maximum absolute atomic E-state index is 2.86. The molecule has 0 saturated carbocycles. The van der Waals surface area contributed by atoms with Crippen LogP contribution in [0.5, 0.6) is 0 Å². The average Bonchev–Trinajstić information content (AvgIpc) is 1.76. The standard InChI is InChI=1S/C4H5N.3CH3.Co/c1-2-4-5-3-1;;;;/h1-5H;3*1H3;/q;3*-1;+3. The van der Waals surface area contributed by atoms with Crippen LogP contribution in [0.4, 0.5) is 0 Å². The Morgan fingerprint density at radius 3 is 1.22 bits per heavy atom. The van der Waals surface area contributed by atoms with E-state index in [2.05, 4.69) is 4.98 Å². The van der Waals surface area contributed by atoms with Gasteiger partial charge in [0.25, 0.3) is 0 Å². The molecule has 56 valence electrons. The molecule has 1 aromatic heterocycles. The van der Waals surface area contributed by atoms with Crippen molar-refractivity contribution in [3.05, 3.63) is 46.8 Å². The smallest absolute Gasteiger partial charge is 0.368 e. The molecule has 0 fully saturated rings. The number of rotatable bonds is 0. The quantitative estimate of drug-likeness (QED) is 0.577. The second-order valence-electron chi connectivity index (χ2n) is 0.885. The van der Waals surface area contributed by atoms with Gasteiger partial charge in [-0.15, -0.1) is 0 Å². The summed E-state index contributed by atoms with van der Waals surface area (Å²) >= 11 is 0. The van der Waals surface area contributed by atoms with Crippen molar-refractivity contribution < 1.29 is 16.8 Å². The van der Waals surface area contributed by atoms with E-state index in [1.165, 1.54) is 0 Å². The van der Waals surface area contributed by atoms with Crippen molar-refractivity contribution >= 4 is 0 Å². The monoisotopic (exact) mass is 171 g/mol. The van der Waals surface area contributed by atoms with E-state index in [0.29, 0.717) is 0 Å². The van der Waals surface area contributed by atoms with Crippen LogP contribution in [-0.4, -0.2) is 4.98 Å². The van der Waals surface area contributed by atoms with Gasteiger partial charge >= 0.3 is 16.8 Å². The van der Waals surface area contributed by atoms with Crippen molar-refractivity contribution in [2.45, 2.75) is 0 Å². The topological polar surface area (TPSA) is 15.8 Å². The molecule has 1 heterocycles. The largest absolute Gasteiger partial charge is 3.00 e. The molecule has 0 amide bonds. The first-order valence-corrected chi connectivity index (χ1v) is 1.58. The minimum absolute atomic E-state index is 0. The molecule has 1 nitrogen and oxygen atoms in total. The summed E-state index contributed by atoms with van der Waals surface area (Å²) in [6, 6.07) is 3.89. The zero-order valence-electron chi connectivity index (χ0n) is 6.14. The maximum atomic E-state index is 2.86. The van der Waals surface area contributed by atoms with E-state index in [9.17, 15) is 0 Å². The Balaban J connectivity index is -0.0000000312. The average molecular weight is 171 g/mol. The van der Waals surface area contributed by atoms with Gasteiger partial charge in [-0.25, -0.2) is 0 Å². The van der Waals surface area contributed by atoms with Crippen molar-refractivity contribution in [2.75, 3.05) is 0 Å². The Bertz CT molecular complexity index is 65.4. The van der Waals surface area contributed by atoms with Crippen LogP contribution in [0.3, 0.4) is 0 Å². The molecule has 9 heavy (non-hydrogen) atoms. The fraction of sp³-hybridized carbons (Fsp3) is 0. The van der Waals surface area contributed by atoms with Gasteiger partial charge in [0, 0.05) is 12.4 Å². The first kappa shape index (κ1) is 23.3. The second-order valence-corrected chi connectivity index (χ2v) is 0.885. The molecule has 1 rings (SSSR count). The third-order valence-corrected chi connectivity index (χ3v) is 0.496. The first-order valence-electron chi connectivity index (χ1n) is 1.58. The van der Waals surface area contributed by atoms with Crippen LogP contribution in [0.15, 0.2) is 24.5 Å². The molecule has 0 aromatic carbocycles. The van der Waals surface area contributed by atoms with E-state index in [4.69, 9.17) is 0 Å². The maximum Gasteiger partial charge on any atom is 3.00 e. The minimum atomic E-state index is 0. The van der Waals surface area contributed by atoms with Crippen molar-refractivity contribution in [2.24, 2.45) is 0 Å². The molecule has 0 aliphatic rings. The fourth-order valence-electron chi connectivity index (χ4n) is 0.278. The van der Waals surface area contributed by atoms with Gasteiger partial charge in [0.2, 0.25) is 0 Å². The Morgan fingerprint density at radius 2 is 1.11 bits per heavy atom. The number of hydrogen-bond donors (Lipinski definition) is 1. The van der Waals surface area contributed by atoms with Gasteiger partial charge in [-0.05, 0) is 12.1 Å². The van der Waals surface area contributed by atoms with Gasteiger partial charge in [0.05, 0.1) is 0 Å². The van der Waals surface area contributed by atoms with Gasteiger partial charge in [-0.3, -0.25) is 0 Å². The van der Waals surface area contributed by atoms with Gasteiger partial charge in [0.15, 0.2) is 0 Å². The number of aromatic nitrogens is 1. The van der Waals surface area contributed by atoms with E-state index in [1.54, 1.807) is 0 Å². The molecule has 0 aliphatic carbocycles. The molecule has 0 bridgehead atoms. The van der Waals surface area contributed by atoms with Crippen molar-refractivity contribution in [1.29, 1.82) is 0 Å². The van der Waals surface area contributed by atoms with Crippen LogP contribution in [0.1, 0.15) is 0 Å². The molecular formula is C7H14CoN. The first-order chi connectivity index (χ1) is 2.50. The summed E-state index contributed by atoms with van der Waals surface area (Å²) in [5, 5.41) is 0. The summed E-state index contributed by atoms with van der Waals surface area (Å²) in [5.41, 5.74) is 0. The van der Waals surface area contributed by atoms with Gasteiger partial charge < -0.3 is 27.3 Å². The predicted octanol–water partition coefficient (Wildman–Crippen LogP) is 2.36. The van der Waals surface area contributed by atoms with Crippen molar-refractivity contribution in [1.82, 2.24) is 4.98 Å². The van der Waals surface area contributed by atoms with Gasteiger partial charge in [-0.2, -0.15) is 0 Å². The zero-order chi connectivity index (χ0) is 3.54. The van der Waals surface area contributed by atoms with E-state index >= 15 is 0 Å². The Labute approximate surface area is 69.1 Å². The normalized spacial score (nSPS) is 4.44. The molecule has 0 spiro atoms. The fourth-order valence-corrected chi connectivity index (χ4v) is 0.278. The summed E-state index contributed by atoms with van der Waals surface area (Å²) in [7, 11) is 0. The SMILES string of the molecule is [CH3-].[CH3-].[CH3-].[Co+3].c1cc[nH]c1. The van der Waals surface area contributed by atoms with Crippen molar-refractivity contribution in [3.8, 4) is 0 Å². The molecule has 0 atom stereocenters. The van der Waals surface area contributed by atoms with Crippen LogP contribution in [-0.2, 0) is 16.8 Å². The molecule has 0 saturated heterocycles. The van der Waals surface area contributed by atoms with Gasteiger partial charge in [-0.1, -0.05) is 0 Å². The van der Waals surface area contributed by atoms with Crippen LogP contribution < -0.4 is 0 Å². The number of aromatic amines is 1. The Kier molecular flexibility index (Phi) is 40.4. The summed E-state index contributed by atoms with van der Waals surface area (Å²) in [6.07, 6.45) is 3.75. The zero-order valence-corrected chi connectivity index (χ0v) is 7.18. The minimum Gasteiger partial charge on any atom is -0.368 e. The molecule has 1 aromatic rings. The molecule has 0 unspecified atom stereocenters. The van der Waals surface area contributed by atoms with E-state index < -0.39 is 0 Å². The van der Waals surface area contributed by atoms with Crippen LogP contribution in [0.2, 0.25) is 0 Å². The summed E-state index contributed by atoms with van der Waals surface area (Å²) in [6.45, 7) is 0. The third kappa shape index (κ3) is 11.4. The number of H-pyrrole nitrogens is 1. The second kappa shape index (κ2) is 15.7. The van der Waals surface area contributed by atoms with Crippen LogP contribution in [0.25, 0.3) is 0 Å². The van der Waals surface area contributed by atoms with E-state index in [-0.39, 0.29) is 39.1 Å². The molecular weight excluding hydrogens is 157 g/mol. The predicted molar refractivity (Wildman–Crippen MR) is 40.0 cm³/mol. The van der Waals surface area contributed by atoms with E-state index in [0.717, 1.165) is 0 Å². The third-order valence-electron chi connectivity index (χ3n) is 0.496. The summed E-state index contributed by atoms with van der Waals surface area (Å²) in [4.78, 5) is 2.86. The van der Waals surface area contributed by atoms with Gasteiger partial charge in [0.1, 0.15) is 0 Å². The van der Waals surface area contributed by atoms with Crippen LogP contribution in [0, 0.1) is 22.3 Å². The summed E-state index contributed by atoms with van der Waals surface area (Å²) in [5.74, 6) is 0.